The standard InChI is InChI=1S/C14H15FN2O2/c15-11-6-2-1-4-9(11)8-13-16-14(19-17-13)10-5-3-7-12(10)18/h1-2,4,6,10,12,18H,3,5,7-8H2. The Morgan fingerprint density at radius 1 is 1.32 bits per heavy atom. The van der Waals surface area contributed by atoms with Gasteiger partial charge in [0.15, 0.2) is 5.82 Å². The SMILES string of the molecule is OC1CCCC1c1nc(Cc2ccccc2F)no1. The molecule has 19 heavy (non-hydrogen) atoms. The minimum absolute atomic E-state index is 0.0677. The maximum absolute atomic E-state index is 13.5. The molecule has 1 aliphatic carbocycles. The highest BCUT2D eigenvalue weighted by molar-refractivity contribution is 5.20. The number of aliphatic hydroxyl groups is 1. The monoisotopic (exact) mass is 262 g/mol. The van der Waals surface area contributed by atoms with E-state index >= 15 is 0 Å². The second-order valence-electron chi connectivity index (χ2n) is 4.92. The van der Waals surface area contributed by atoms with Gasteiger partial charge in [-0.1, -0.05) is 23.4 Å². The third kappa shape index (κ3) is 2.51. The summed E-state index contributed by atoms with van der Waals surface area (Å²) in [5.41, 5.74) is 0.543. The quantitative estimate of drug-likeness (QED) is 0.923. The molecule has 2 aromatic rings. The fraction of sp³-hybridized carbons (Fsp3) is 0.429. The molecule has 1 heterocycles. The molecule has 0 aliphatic heterocycles. The summed E-state index contributed by atoms with van der Waals surface area (Å²) in [6.45, 7) is 0. The van der Waals surface area contributed by atoms with E-state index in [4.69, 9.17) is 4.52 Å². The largest absolute Gasteiger partial charge is 0.392 e. The summed E-state index contributed by atoms with van der Waals surface area (Å²) < 4.78 is 18.7. The molecule has 3 rings (SSSR count). The molecule has 1 fully saturated rings. The minimum Gasteiger partial charge on any atom is -0.392 e. The number of benzene rings is 1. The van der Waals surface area contributed by atoms with Crippen LogP contribution in [0.4, 0.5) is 4.39 Å². The van der Waals surface area contributed by atoms with E-state index in [0.717, 1.165) is 19.3 Å². The van der Waals surface area contributed by atoms with Gasteiger partial charge < -0.3 is 9.63 Å². The Morgan fingerprint density at radius 3 is 2.89 bits per heavy atom. The molecule has 0 amide bonds. The van der Waals surface area contributed by atoms with Crippen LogP contribution in [0.15, 0.2) is 28.8 Å². The number of hydrogen-bond acceptors (Lipinski definition) is 4. The van der Waals surface area contributed by atoms with Crippen molar-refractivity contribution in [1.82, 2.24) is 10.1 Å². The molecule has 0 saturated heterocycles. The van der Waals surface area contributed by atoms with Gasteiger partial charge in [-0.3, -0.25) is 0 Å². The lowest BCUT2D eigenvalue weighted by molar-refractivity contribution is 0.148. The van der Waals surface area contributed by atoms with Gasteiger partial charge in [0.1, 0.15) is 5.82 Å². The van der Waals surface area contributed by atoms with Crippen molar-refractivity contribution < 1.29 is 14.0 Å². The highest BCUT2D eigenvalue weighted by Crippen LogP contribution is 2.33. The molecule has 1 aromatic carbocycles. The molecule has 1 aromatic heterocycles. The predicted molar refractivity (Wildman–Crippen MR) is 66.1 cm³/mol. The highest BCUT2D eigenvalue weighted by Gasteiger charge is 2.31. The van der Waals surface area contributed by atoms with Crippen LogP contribution in [0.1, 0.15) is 42.5 Å². The van der Waals surface area contributed by atoms with Crippen molar-refractivity contribution in [2.24, 2.45) is 0 Å². The Kier molecular flexibility index (Phi) is 3.29. The second-order valence-corrected chi connectivity index (χ2v) is 4.92. The number of aliphatic hydroxyl groups excluding tert-OH is 1. The van der Waals surface area contributed by atoms with Gasteiger partial charge in [0.05, 0.1) is 12.0 Å². The lowest BCUT2D eigenvalue weighted by atomic mass is 10.1. The Morgan fingerprint density at radius 2 is 2.16 bits per heavy atom. The van der Waals surface area contributed by atoms with E-state index in [0.29, 0.717) is 23.7 Å². The van der Waals surface area contributed by atoms with Crippen molar-refractivity contribution in [2.75, 3.05) is 0 Å². The average molecular weight is 262 g/mol. The van der Waals surface area contributed by atoms with Crippen molar-refractivity contribution in [3.8, 4) is 0 Å². The third-order valence-electron chi connectivity index (χ3n) is 3.59. The third-order valence-corrected chi connectivity index (χ3v) is 3.59. The number of halogens is 1. The molecule has 1 saturated carbocycles. The van der Waals surface area contributed by atoms with Gasteiger partial charge >= 0.3 is 0 Å². The van der Waals surface area contributed by atoms with Crippen LogP contribution in [-0.2, 0) is 6.42 Å². The van der Waals surface area contributed by atoms with Crippen LogP contribution in [0, 0.1) is 5.82 Å². The Labute approximate surface area is 110 Å². The van der Waals surface area contributed by atoms with Crippen molar-refractivity contribution in [1.29, 1.82) is 0 Å². The molecule has 100 valence electrons. The molecule has 4 nitrogen and oxygen atoms in total. The maximum Gasteiger partial charge on any atom is 0.232 e. The van der Waals surface area contributed by atoms with E-state index in [9.17, 15) is 9.50 Å². The summed E-state index contributed by atoms with van der Waals surface area (Å²) in [6.07, 6.45) is 2.51. The first-order valence-corrected chi connectivity index (χ1v) is 6.48. The topological polar surface area (TPSA) is 59.2 Å². The fourth-order valence-corrected chi connectivity index (χ4v) is 2.53. The van der Waals surface area contributed by atoms with Crippen LogP contribution in [0.3, 0.4) is 0 Å². The number of rotatable bonds is 3. The van der Waals surface area contributed by atoms with Crippen LogP contribution in [0.2, 0.25) is 0 Å². The molecule has 0 bridgehead atoms. The van der Waals surface area contributed by atoms with Gasteiger partial charge in [-0.05, 0) is 30.9 Å². The van der Waals surface area contributed by atoms with Gasteiger partial charge in [-0.25, -0.2) is 4.39 Å². The van der Waals surface area contributed by atoms with Gasteiger partial charge in [0.2, 0.25) is 5.89 Å². The molecule has 5 heteroatoms. The molecular weight excluding hydrogens is 247 g/mol. The molecule has 2 atom stereocenters. The summed E-state index contributed by atoms with van der Waals surface area (Å²) in [6, 6.07) is 6.54. The molecule has 0 spiro atoms. The Bertz CT molecular complexity index is 570. The van der Waals surface area contributed by atoms with E-state index in [1.54, 1.807) is 18.2 Å². The predicted octanol–water partition coefficient (Wildman–Crippen LogP) is 2.43. The number of nitrogens with zero attached hydrogens (tertiary/aromatic N) is 2. The molecule has 1 N–H and O–H groups in total. The zero-order valence-corrected chi connectivity index (χ0v) is 10.4. The van der Waals surface area contributed by atoms with E-state index in [1.807, 2.05) is 0 Å². The molecular formula is C14H15FN2O2. The first-order valence-electron chi connectivity index (χ1n) is 6.48. The summed E-state index contributed by atoms with van der Waals surface area (Å²) in [4.78, 5) is 4.27. The first-order chi connectivity index (χ1) is 9.24. The van der Waals surface area contributed by atoms with E-state index < -0.39 is 6.10 Å². The zero-order valence-electron chi connectivity index (χ0n) is 10.4. The van der Waals surface area contributed by atoms with Crippen molar-refractivity contribution >= 4 is 0 Å². The van der Waals surface area contributed by atoms with E-state index in [1.165, 1.54) is 6.07 Å². The van der Waals surface area contributed by atoms with Gasteiger partial charge in [0, 0.05) is 6.42 Å². The molecule has 2 unspecified atom stereocenters. The Hall–Kier alpha value is -1.75. The van der Waals surface area contributed by atoms with Crippen molar-refractivity contribution in [3.63, 3.8) is 0 Å². The number of hydrogen-bond donors (Lipinski definition) is 1. The lowest BCUT2D eigenvalue weighted by Crippen LogP contribution is -2.11. The smallest absolute Gasteiger partial charge is 0.232 e. The highest BCUT2D eigenvalue weighted by atomic mass is 19.1. The van der Waals surface area contributed by atoms with Crippen LogP contribution >= 0.6 is 0 Å². The molecule has 0 radical (unpaired) electrons. The zero-order chi connectivity index (χ0) is 13.2. The normalized spacial score (nSPS) is 22.8. The molecule has 1 aliphatic rings. The van der Waals surface area contributed by atoms with E-state index in [-0.39, 0.29) is 11.7 Å². The van der Waals surface area contributed by atoms with Gasteiger partial charge in [-0.15, -0.1) is 0 Å². The number of aromatic nitrogens is 2. The summed E-state index contributed by atoms with van der Waals surface area (Å²) in [5, 5.41) is 13.7. The first kappa shape index (κ1) is 12.3. The van der Waals surface area contributed by atoms with Gasteiger partial charge in [-0.2, -0.15) is 4.98 Å². The van der Waals surface area contributed by atoms with Crippen LogP contribution in [-0.4, -0.2) is 21.4 Å². The average Bonchev–Trinajstić information content (AvgIpc) is 3.01. The van der Waals surface area contributed by atoms with Crippen molar-refractivity contribution in [3.05, 3.63) is 47.4 Å². The fourth-order valence-electron chi connectivity index (χ4n) is 2.53. The van der Waals surface area contributed by atoms with Crippen LogP contribution < -0.4 is 0 Å². The van der Waals surface area contributed by atoms with E-state index in [2.05, 4.69) is 10.1 Å². The minimum atomic E-state index is -0.401. The van der Waals surface area contributed by atoms with Crippen LogP contribution in [0.25, 0.3) is 0 Å². The van der Waals surface area contributed by atoms with Crippen LogP contribution in [0.5, 0.6) is 0 Å². The van der Waals surface area contributed by atoms with Gasteiger partial charge in [0.25, 0.3) is 0 Å². The Balaban J connectivity index is 1.77. The second kappa shape index (κ2) is 5.09. The maximum atomic E-state index is 13.5. The summed E-state index contributed by atoms with van der Waals surface area (Å²) in [7, 11) is 0. The van der Waals surface area contributed by atoms with Crippen molar-refractivity contribution in [2.45, 2.75) is 37.7 Å². The summed E-state index contributed by atoms with van der Waals surface area (Å²) >= 11 is 0. The lowest BCUT2D eigenvalue weighted by Gasteiger charge is -2.07. The summed E-state index contributed by atoms with van der Waals surface area (Å²) in [5.74, 6) is 0.590.